The van der Waals surface area contributed by atoms with Crippen molar-refractivity contribution in [1.29, 1.82) is 0 Å². The minimum absolute atomic E-state index is 0.347. The number of rotatable bonds is 5. The van der Waals surface area contributed by atoms with Crippen molar-refractivity contribution in [3.8, 4) is 0 Å². The van der Waals surface area contributed by atoms with Crippen LogP contribution >= 0.6 is 0 Å². The molecule has 3 N–H and O–H groups in total. The van der Waals surface area contributed by atoms with Crippen molar-refractivity contribution in [3.63, 3.8) is 0 Å². The van der Waals surface area contributed by atoms with Crippen LogP contribution in [0.1, 0.15) is 12.8 Å². The summed E-state index contributed by atoms with van der Waals surface area (Å²) >= 11 is 0. The molecule has 0 aliphatic heterocycles. The van der Waals surface area contributed by atoms with Crippen molar-refractivity contribution in [2.75, 3.05) is 20.3 Å². The molecule has 0 aromatic carbocycles. The Bertz CT molecular complexity index is 59.0. The molecule has 0 amide bonds. The minimum Gasteiger partial charge on any atom is -0.392 e. The Kier molecular flexibility index (Phi) is 5.93. The smallest absolute Gasteiger partial charge is 0.0663 e. The topological polar surface area (TPSA) is 55.5 Å². The molecule has 0 aliphatic rings. The highest BCUT2D eigenvalue weighted by atomic mass is 16.5. The predicted molar refractivity (Wildman–Crippen MR) is 36.2 cm³/mol. The van der Waals surface area contributed by atoms with E-state index in [9.17, 15) is 0 Å². The Labute approximate surface area is 55.8 Å². The molecule has 0 fully saturated rings. The Hall–Kier alpha value is -0.120. The molecule has 0 radical (unpaired) electrons. The largest absolute Gasteiger partial charge is 0.392 e. The summed E-state index contributed by atoms with van der Waals surface area (Å²) in [5.41, 5.74) is 5.16. The first kappa shape index (κ1) is 8.88. The maximum absolute atomic E-state index is 8.90. The van der Waals surface area contributed by atoms with Crippen LogP contribution in [0.2, 0.25) is 0 Å². The van der Waals surface area contributed by atoms with Gasteiger partial charge in [-0.15, -0.1) is 0 Å². The maximum Gasteiger partial charge on any atom is 0.0663 e. The molecule has 0 rings (SSSR count). The van der Waals surface area contributed by atoms with E-state index in [-0.39, 0.29) is 6.10 Å². The highest BCUT2D eigenvalue weighted by Gasteiger charge is 1.98. The molecule has 3 nitrogen and oxygen atoms in total. The summed E-state index contributed by atoms with van der Waals surface area (Å²) in [5, 5.41) is 8.90. The van der Waals surface area contributed by atoms with Gasteiger partial charge in [0.1, 0.15) is 0 Å². The second kappa shape index (κ2) is 6.01. The number of methoxy groups -OCH3 is 1. The molecular formula is C6H15NO2. The summed E-state index contributed by atoms with van der Waals surface area (Å²) in [5.74, 6) is 0. The molecule has 56 valence electrons. The molecule has 1 unspecified atom stereocenters. The molecule has 0 aromatic heterocycles. The molecule has 0 saturated carbocycles. The zero-order chi connectivity index (χ0) is 7.11. The van der Waals surface area contributed by atoms with Crippen molar-refractivity contribution >= 4 is 0 Å². The van der Waals surface area contributed by atoms with E-state index in [4.69, 9.17) is 15.6 Å². The van der Waals surface area contributed by atoms with E-state index in [0.717, 1.165) is 12.8 Å². The van der Waals surface area contributed by atoms with Gasteiger partial charge in [0.2, 0.25) is 0 Å². The van der Waals surface area contributed by atoms with Crippen molar-refractivity contribution in [3.05, 3.63) is 0 Å². The lowest BCUT2D eigenvalue weighted by Gasteiger charge is -2.05. The van der Waals surface area contributed by atoms with E-state index in [1.54, 1.807) is 7.11 Å². The normalized spacial score (nSPS) is 13.7. The summed E-state index contributed by atoms with van der Waals surface area (Å²) in [6, 6.07) is 0. The average Bonchev–Trinajstić information content (AvgIpc) is 1.89. The van der Waals surface area contributed by atoms with Gasteiger partial charge in [-0.1, -0.05) is 0 Å². The van der Waals surface area contributed by atoms with Gasteiger partial charge >= 0.3 is 0 Å². The molecule has 9 heavy (non-hydrogen) atoms. The van der Waals surface area contributed by atoms with Crippen molar-refractivity contribution in [1.82, 2.24) is 0 Å². The fraction of sp³-hybridized carbons (Fsp3) is 1.00. The van der Waals surface area contributed by atoms with E-state index in [1.165, 1.54) is 0 Å². The van der Waals surface area contributed by atoms with Gasteiger partial charge in [-0.05, 0) is 12.8 Å². The third-order valence-corrected chi connectivity index (χ3v) is 1.16. The minimum atomic E-state index is -0.347. The first-order valence-electron chi connectivity index (χ1n) is 3.18. The zero-order valence-corrected chi connectivity index (χ0v) is 5.84. The van der Waals surface area contributed by atoms with Gasteiger partial charge in [0.05, 0.1) is 6.10 Å². The molecule has 0 saturated heterocycles. The molecule has 0 aliphatic carbocycles. The first-order valence-corrected chi connectivity index (χ1v) is 3.18. The lowest BCUT2D eigenvalue weighted by Crippen LogP contribution is -2.19. The number of hydrogen-bond acceptors (Lipinski definition) is 3. The highest BCUT2D eigenvalue weighted by molar-refractivity contribution is 4.54. The zero-order valence-electron chi connectivity index (χ0n) is 5.84. The van der Waals surface area contributed by atoms with E-state index < -0.39 is 0 Å². The third kappa shape index (κ3) is 5.76. The quantitative estimate of drug-likeness (QED) is 0.508. The number of hydrogen-bond donors (Lipinski definition) is 2. The molecule has 0 spiro atoms. The van der Waals surface area contributed by atoms with Gasteiger partial charge in [0.15, 0.2) is 0 Å². The second-order valence-electron chi connectivity index (χ2n) is 2.02. The SMILES string of the molecule is COCCCC(O)CN. The molecule has 0 bridgehead atoms. The number of ether oxygens (including phenoxy) is 1. The second-order valence-corrected chi connectivity index (χ2v) is 2.02. The van der Waals surface area contributed by atoms with Crippen molar-refractivity contribution in [2.45, 2.75) is 18.9 Å². The first-order chi connectivity index (χ1) is 4.31. The van der Waals surface area contributed by atoms with Gasteiger partial charge < -0.3 is 15.6 Å². The molecule has 3 heteroatoms. The number of aliphatic hydroxyl groups is 1. The van der Waals surface area contributed by atoms with E-state index in [0.29, 0.717) is 13.2 Å². The lowest BCUT2D eigenvalue weighted by atomic mass is 10.2. The summed E-state index contributed by atoms with van der Waals surface area (Å²) in [7, 11) is 1.65. The summed E-state index contributed by atoms with van der Waals surface area (Å²) < 4.78 is 4.78. The molecular weight excluding hydrogens is 118 g/mol. The fourth-order valence-corrected chi connectivity index (χ4v) is 0.581. The van der Waals surface area contributed by atoms with Crippen molar-refractivity contribution in [2.24, 2.45) is 5.73 Å². The van der Waals surface area contributed by atoms with Crippen LogP contribution in [0.25, 0.3) is 0 Å². The van der Waals surface area contributed by atoms with Crippen LogP contribution in [0.15, 0.2) is 0 Å². The van der Waals surface area contributed by atoms with E-state index in [2.05, 4.69) is 0 Å². The van der Waals surface area contributed by atoms with Crippen LogP contribution in [0.3, 0.4) is 0 Å². The predicted octanol–water partition coefficient (Wildman–Crippen LogP) is -0.267. The Morgan fingerprint density at radius 3 is 2.78 bits per heavy atom. The lowest BCUT2D eigenvalue weighted by molar-refractivity contribution is 0.140. The van der Waals surface area contributed by atoms with Crippen LogP contribution in [-0.4, -0.2) is 31.5 Å². The van der Waals surface area contributed by atoms with E-state index in [1.807, 2.05) is 0 Å². The molecule has 1 atom stereocenters. The Morgan fingerprint density at radius 1 is 1.67 bits per heavy atom. The van der Waals surface area contributed by atoms with Crippen LogP contribution < -0.4 is 5.73 Å². The summed E-state index contributed by atoms with van der Waals surface area (Å²) in [6.07, 6.45) is 1.28. The third-order valence-electron chi connectivity index (χ3n) is 1.16. The molecule has 0 heterocycles. The van der Waals surface area contributed by atoms with Gasteiger partial charge in [0, 0.05) is 20.3 Å². The Morgan fingerprint density at radius 2 is 2.33 bits per heavy atom. The highest BCUT2D eigenvalue weighted by Crippen LogP contribution is 1.93. The van der Waals surface area contributed by atoms with Gasteiger partial charge in [-0.2, -0.15) is 0 Å². The number of nitrogens with two attached hydrogens (primary N) is 1. The fourth-order valence-electron chi connectivity index (χ4n) is 0.581. The van der Waals surface area contributed by atoms with Crippen LogP contribution in [0, 0.1) is 0 Å². The van der Waals surface area contributed by atoms with Crippen LogP contribution in [0.4, 0.5) is 0 Å². The Balaban J connectivity index is 2.88. The number of aliphatic hydroxyl groups excluding tert-OH is 1. The maximum atomic E-state index is 8.90. The average molecular weight is 133 g/mol. The molecule has 0 aromatic rings. The van der Waals surface area contributed by atoms with Gasteiger partial charge in [-0.25, -0.2) is 0 Å². The van der Waals surface area contributed by atoms with Crippen LogP contribution in [-0.2, 0) is 4.74 Å². The summed E-state index contributed by atoms with van der Waals surface area (Å²) in [6.45, 7) is 1.06. The van der Waals surface area contributed by atoms with Crippen LogP contribution in [0.5, 0.6) is 0 Å². The van der Waals surface area contributed by atoms with Gasteiger partial charge in [0.25, 0.3) is 0 Å². The van der Waals surface area contributed by atoms with E-state index >= 15 is 0 Å². The van der Waals surface area contributed by atoms with Gasteiger partial charge in [-0.3, -0.25) is 0 Å². The van der Waals surface area contributed by atoms with Crippen molar-refractivity contribution < 1.29 is 9.84 Å². The summed E-state index contributed by atoms with van der Waals surface area (Å²) in [4.78, 5) is 0. The standard InChI is InChI=1S/C6H15NO2/c1-9-4-2-3-6(8)5-7/h6,8H,2-5,7H2,1H3. The monoisotopic (exact) mass is 133 g/mol.